The molecule has 1 aromatic rings. The van der Waals surface area contributed by atoms with Crippen LogP contribution in [0.1, 0.15) is 31.7 Å². The quantitative estimate of drug-likeness (QED) is 0.906. The van der Waals surface area contributed by atoms with Crippen molar-refractivity contribution in [2.75, 3.05) is 24.2 Å². The monoisotopic (exact) mass is 292 g/mol. The Labute approximate surface area is 123 Å². The molecule has 0 aliphatic carbocycles. The highest BCUT2D eigenvalue weighted by molar-refractivity contribution is 8.13. The van der Waals surface area contributed by atoms with Crippen LogP contribution in [0.4, 0.5) is 10.5 Å². The van der Waals surface area contributed by atoms with Gasteiger partial charge in [-0.2, -0.15) is 0 Å². The summed E-state index contributed by atoms with van der Waals surface area (Å²) in [6.45, 7) is 5.14. The number of nitrogens with zero attached hydrogens (tertiary/aromatic N) is 1. The lowest BCUT2D eigenvalue weighted by Gasteiger charge is -2.14. The minimum absolute atomic E-state index is 0.00716. The lowest BCUT2D eigenvalue weighted by molar-refractivity contribution is -0.116. The Morgan fingerprint density at radius 2 is 2.10 bits per heavy atom. The van der Waals surface area contributed by atoms with Gasteiger partial charge in [0.1, 0.15) is 6.54 Å². The molecule has 4 nitrogen and oxygen atoms in total. The second kappa shape index (κ2) is 6.79. The van der Waals surface area contributed by atoms with E-state index >= 15 is 0 Å². The highest BCUT2D eigenvalue weighted by Gasteiger charge is 2.23. The number of benzene rings is 1. The summed E-state index contributed by atoms with van der Waals surface area (Å²) in [5.41, 5.74) is 2.05. The van der Waals surface area contributed by atoms with Crippen molar-refractivity contribution in [3.63, 3.8) is 0 Å². The maximum absolute atomic E-state index is 11.9. The largest absolute Gasteiger partial charge is 0.325 e. The zero-order chi connectivity index (χ0) is 14.5. The van der Waals surface area contributed by atoms with Gasteiger partial charge < -0.3 is 10.2 Å². The van der Waals surface area contributed by atoms with Crippen LogP contribution < -0.4 is 5.32 Å². The van der Waals surface area contributed by atoms with Gasteiger partial charge in [-0.3, -0.25) is 9.59 Å². The molecule has 2 rings (SSSR count). The van der Waals surface area contributed by atoms with Crippen molar-refractivity contribution in [3.8, 4) is 0 Å². The molecule has 1 aliphatic heterocycles. The molecular weight excluding hydrogens is 272 g/mol. The molecule has 1 N–H and O–H groups in total. The van der Waals surface area contributed by atoms with E-state index in [4.69, 9.17) is 0 Å². The molecule has 1 saturated heterocycles. The number of hydrogen-bond donors (Lipinski definition) is 1. The molecule has 0 aromatic heterocycles. The van der Waals surface area contributed by atoms with E-state index in [2.05, 4.69) is 19.2 Å². The topological polar surface area (TPSA) is 49.4 Å². The van der Waals surface area contributed by atoms with Crippen LogP contribution >= 0.6 is 11.8 Å². The van der Waals surface area contributed by atoms with E-state index in [-0.39, 0.29) is 17.7 Å². The average Bonchev–Trinajstić information content (AvgIpc) is 2.84. The van der Waals surface area contributed by atoms with Crippen molar-refractivity contribution in [3.05, 3.63) is 29.8 Å². The van der Waals surface area contributed by atoms with Crippen molar-refractivity contribution >= 4 is 28.6 Å². The number of hydrogen-bond acceptors (Lipinski definition) is 3. The first-order valence-electron chi connectivity index (χ1n) is 6.91. The predicted octanol–water partition coefficient (Wildman–Crippen LogP) is 3.31. The van der Waals surface area contributed by atoms with Gasteiger partial charge in [-0.05, 0) is 30.0 Å². The number of carbonyl (C=O) groups is 2. The van der Waals surface area contributed by atoms with Crippen molar-refractivity contribution in [2.45, 2.75) is 26.2 Å². The van der Waals surface area contributed by atoms with Crippen LogP contribution in [0.5, 0.6) is 0 Å². The third-order valence-electron chi connectivity index (χ3n) is 3.56. The summed E-state index contributed by atoms with van der Waals surface area (Å²) in [5, 5.41) is 2.82. The SMILES string of the molecule is CC[C@@H](C)c1ccc(NC(=O)CN2CCSC2=O)cc1. The third kappa shape index (κ3) is 3.76. The van der Waals surface area contributed by atoms with Gasteiger partial charge in [0.15, 0.2) is 0 Å². The van der Waals surface area contributed by atoms with Crippen molar-refractivity contribution in [1.82, 2.24) is 4.90 Å². The normalized spacial score (nSPS) is 16.3. The van der Waals surface area contributed by atoms with Crippen LogP contribution in [-0.4, -0.2) is 34.9 Å². The molecule has 20 heavy (non-hydrogen) atoms. The second-order valence-electron chi connectivity index (χ2n) is 5.02. The Hall–Kier alpha value is -1.49. The number of thioether (sulfide) groups is 1. The van der Waals surface area contributed by atoms with Crippen LogP contribution in [0, 0.1) is 0 Å². The molecule has 0 spiro atoms. The zero-order valence-electron chi connectivity index (χ0n) is 11.9. The molecule has 5 heteroatoms. The highest BCUT2D eigenvalue weighted by atomic mass is 32.2. The van der Waals surface area contributed by atoms with E-state index in [0.717, 1.165) is 17.9 Å². The summed E-state index contributed by atoms with van der Waals surface area (Å²) in [4.78, 5) is 24.9. The van der Waals surface area contributed by atoms with Crippen LogP contribution in [0.25, 0.3) is 0 Å². The standard InChI is InChI=1S/C15H20N2O2S/c1-3-11(2)12-4-6-13(7-5-12)16-14(18)10-17-8-9-20-15(17)19/h4-7,11H,3,8-10H2,1-2H3,(H,16,18)/t11-/m1/s1. The Morgan fingerprint density at radius 3 is 2.65 bits per heavy atom. The van der Waals surface area contributed by atoms with Gasteiger partial charge in [0.2, 0.25) is 5.91 Å². The van der Waals surface area contributed by atoms with Gasteiger partial charge in [-0.1, -0.05) is 37.7 Å². The summed E-state index contributed by atoms with van der Waals surface area (Å²) in [7, 11) is 0. The maximum Gasteiger partial charge on any atom is 0.282 e. The van der Waals surface area contributed by atoms with Crippen LogP contribution in [0.3, 0.4) is 0 Å². The first-order chi connectivity index (χ1) is 9.60. The minimum atomic E-state index is -0.142. The predicted molar refractivity (Wildman–Crippen MR) is 83.2 cm³/mol. The number of rotatable bonds is 5. The van der Waals surface area contributed by atoms with Gasteiger partial charge in [-0.25, -0.2) is 0 Å². The number of nitrogens with one attached hydrogen (secondary N) is 1. The Morgan fingerprint density at radius 1 is 1.40 bits per heavy atom. The van der Waals surface area contributed by atoms with E-state index < -0.39 is 0 Å². The zero-order valence-corrected chi connectivity index (χ0v) is 12.7. The molecule has 0 radical (unpaired) electrons. The van der Waals surface area contributed by atoms with E-state index in [1.165, 1.54) is 17.3 Å². The molecule has 0 saturated carbocycles. The Kier molecular flexibility index (Phi) is 5.06. The van der Waals surface area contributed by atoms with E-state index in [1.807, 2.05) is 24.3 Å². The fourth-order valence-electron chi connectivity index (χ4n) is 2.07. The fraction of sp³-hybridized carbons (Fsp3) is 0.467. The summed E-state index contributed by atoms with van der Waals surface area (Å²) >= 11 is 1.27. The molecule has 1 fully saturated rings. The van der Waals surface area contributed by atoms with Gasteiger partial charge in [0.25, 0.3) is 5.24 Å². The van der Waals surface area contributed by atoms with Crippen LogP contribution in [-0.2, 0) is 4.79 Å². The summed E-state index contributed by atoms with van der Waals surface area (Å²) in [5.74, 6) is 1.16. The minimum Gasteiger partial charge on any atom is -0.325 e. The summed E-state index contributed by atoms with van der Waals surface area (Å²) in [6.07, 6.45) is 1.10. The van der Waals surface area contributed by atoms with Crippen molar-refractivity contribution < 1.29 is 9.59 Å². The Balaban J connectivity index is 1.89. The lowest BCUT2D eigenvalue weighted by atomic mass is 9.99. The Bertz CT molecular complexity index is 487. The number of carbonyl (C=O) groups excluding carboxylic acids is 2. The molecule has 0 unspecified atom stereocenters. The van der Waals surface area contributed by atoms with E-state index in [0.29, 0.717) is 12.5 Å². The smallest absolute Gasteiger partial charge is 0.282 e. The summed E-state index contributed by atoms with van der Waals surface area (Å²) < 4.78 is 0. The molecule has 1 heterocycles. The van der Waals surface area contributed by atoms with Crippen LogP contribution in [0.2, 0.25) is 0 Å². The van der Waals surface area contributed by atoms with Gasteiger partial charge in [0, 0.05) is 18.0 Å². The lowest BCUT2D eigenvalue weighted by Crippen LogP contribution is -2.33. The van der Waals surface area contributed by atoms with E-state index in [1.54, 1.807) is 4.90 Å². The first kappa shape index (κ1) is 14.9. The van der Waals surface area contributed by atoms with Gasteiger partial charge in [0.05, 0.1) is 0 Å². The first-order valence-corrected chi connectivity index (χ1v) is 7.90. The summed E-state index contributed by atoms with van der Waals surface area (Å²) in [6, 6.07) is 7.92. The molecule has 1 aromatic carbocycles. The van der Waals surface area contributed by atoms with Crippen LogP contribution in [0.15, 0.2) is 24.3 Å². The molecular formula is C15H20N2O2S. The highest BCUT2D eigenvalue weighted by Crippen LogP contribution is 2.21. The third-order valence-corrected chi connectivity index (χ3v) is 4.45. The van der Waals surface area contributed by atoms with Crippen molar-refractivity contribution in [2.24, 2.45) is 0 Å². The molecule has 1 atom stereocenters. The molecule has 108 valence electrons. The molecule has 1 aliphatic rings. The van der Waals surface area contributed by atoms with Gasteiger partial charge in [-0.15, -0.1) is 0 Å². The second-order valence-corrected chi connectivity index (χ2v) is 6.06. The number of amides is 2. The molecule has 0 bridgehead atoms. The maximum atomic E-state index is 11.9. The van der Waals surface area contributed by atoms with Gasteiger partial charge >= 0.3 is 0 Å². The fourth-order valence-corrected chi connectivity index (χ4v) is 2.90. The average molecular weight is 292 g/mol. The van der Waals surface area contributed by atoms with E-state index in [9.17, 15) is 9.59 Å². The number of anilines is 1. The molecule has 2 amide bonds. The van der Waals surface area contributed by atoms with Crippen molar-refractivity contribution in [1.29, 1.82) is 0 Å².